The number of hydrogen-bond donors (Lipinski definition) is 1. The van der Waals surface area contributed by atoms with Crippen molar-refractivity contribution in [1.82, 2.24) is 9.62 Å². The lowest BCUT2D eigenvalue weighted by Gasteiger charge is -2.47. The Morgan fingerprint density at radius 1 is 1.14 bits per heavy atom. The van der Waals surface area contributed by atoms with Gasteiger partial charge in [-0.1, -0.05) is 6.42 Å². The first-order valence-corrected chi connectivity index (χ1v) is 8.94. The Kier molecular flexibility index (Phi) is 4.03. The third-order valence-electron chi connectivity index (χ3n) is 4.79. The normalized spacial score (nSPS) is 30.3. The van der Waals surface area contributed by atoms with Crippen LogP contribution in [0.1, 0.15) is 32.1 Å². The van der Waals surface area contributed by atoms with Gasteiger partial charge >= 0.3 is 0 Å². The molecule has 21 heavy (non-hydrogen) atoms. The molecule has 2 bridgehead atoms. The molecule has 0 radical (unpaired) electrons. The molecule has 3 rings (SSSR count). The maximum atomic E-state index is 12.9. The number of fused-ring (bicyclic) bond motifs is 2. The van der Waals surface area contributed by atoms with Crippen LogP contribution in [-0.4, -0.2) is 38.5 Å². The van der Waals surface area contributed by atoms with Crippen LogP contribution in [0.3, 0.4) is 0 Å². The molecule has 2 atom stereocenters. The summed E-state index contributed by atoms with van der Waals surface area (Å²) in [6.07, 6.45) is 5.22. The first kappa shape index (κ1) is 14.9. The van der Waals surface area contributed by atoms with Gasteiger partial charge in [0.25, 0.3) is 0 Å². The lowest BCUT2D eigenvalue weighted by Crippen LogP contribution is -2.55. The molecule has 0 spiro atoms. The highest BCUT2D eigenvalue weighted by atomic mass is 32.2. The summed E-state index contributed by atoms with van der Waals surface area (Å²) in [5, 5.41) is 0. The molecular formula is C15H21FN2O2S. The quantitative estimate of drug-likeness (QED) is 0.930. The summed E-state index contributed by atoms with van der Waals surface area (Å²) >= 11 is 0. The molecule has 2 saturated heterocycles. The minimum atomic E-state index is -3.56. The van der Waals surface area contributed by atoms with Gasteiger partial charge in [0.2, 0.25) is 10.0 Å². The van der Waals surface area contributed by atoms with Crippen molar-refractivity contribution in [3.8, 4) is 0 Å². The van der Waals surface area contributed by atoms with E-state index in [2.05, 4.69) is 16.7 Å². The van der Waals surface area contributed by atoms with Crippen molar-refractivity contribution >= 4 is 10.0 Å². The summed E-state index contributed by atoms with van der Waals surface area (Å²) < 4.78 is 40.4. The van der Waals surface area contributed by atoms with Gasteiger partial charge in [0.1, 0.15) is 5.82 Å². The van der Waals surface area contributed by atoms with E-state index in [0.717, 1.165) is 25.7 Å². The van der Waals surface area contributed by atoms with Gasteiger partial charge in [-0.25, -0.2) is 17.5 Å². The molecule has 2 aliphatic rings. The van der Waals surface area contributed by atoms with Crippen molar-refractivity contribution in [2.24, 2.45) is 0 Å². The number of sulfonamides is 1. The van der Waals surface area contributed by atoms with E-state index in [0.29, 0.717) is 12.1 Å². The number of hydrogen-bond acceptors (Lipinski definition) is 3. The molecule has 2 unspecified atom stereocenters. The molecule has 2 heterocycles. The average Bonchev–Trinajstić information content (AvgIpc) is 2.40. The van der Waals surface area contributed by atoms with E-state index in [1.807, 2.05) is 0 Å². The van der Waals surface area contributed by atoms with E-state index >= 15 is 0 Å². The van der Waals surface area contributed by atoms with Crippen LogP contribution in [0, 0.1) is 5.82 Å². The van der Waals surface area contributed by atoms with Gasteiger partial charge in [0.15, 0.2) is 0 Å². The lowest BCUT2D eigenvalue weighted by atomic mass is 9.83. The first-order valence-electron chi connectivity index (χ1n) is 7.45. The second-order valence-electron chi connectivity index (χ2n) is 6.15. The highest BCUT2D eigenvalue weighted by Gasteiger charge is 2.37. The molecule has 2 fully saturated rings. The monoisotopic (exact) mass is 312 g/mol. The van der Waals surface area contributed by atoms with Crippen LogP contribution in [0.5, 0.6) is 0 Å². The number of nitrogens with zero attached hydrogens (tertiary/aromatic N) is 1. The molecule has 116 valence electrons. The fourth-order valence-corrected chi connectivity index (χ4v) is 4.88. The zero-order chi connectivity index (χ0) is 15.0. The second-order valence-corrected chi connectivity index (χ2v) is 7.86. The third-order valence-corrected chi connectivity index (χ3v) is 6.32. The first-order chi connectivity index (χ1) is 9.95. The third kappa shape index (κ3) is 3.12. The molecule has 6 heteroatoms. The molecule has 4 nitrogen and oxygen atoms in total. The largest absolute Gasteiger partial charge is 0.300 e. The van der Waals surface area contributed by atoms with Gasteiger partial charge < -0.3 is 4.90 Å². The Morgan fingerprint density at radius 2 is 1.71 bits per heavy atom. The van der Waals surface area contributed by atoms with Crippen molar-refractivity contribution in [1.29, 1.82) is 0 Å². The zero-order valence-electron chi connectivity index (χ0n) is 12.1. The summed E-state index contributed by atoms with van der Waals surface area (Å²) in [4.78, 5) is 2.53. The van der Waals surface area contributed by atoms with Gasteiger partial charge in [-0.05, 0) is 57.0 Å². The summed E-state index contributed by atoms with van der Waals surface area (Å²) in [7, 11) is -1.42. The van der Waals surface area contributed by atoms with Crippen LogP contribution < -0.4 is 4.72 Å². The number of piperidine rings is 2. The van der Waals surface area contributed by atoms with E-state index in [1.54, 1.807) is 0 Å². The molecule has 0 aromatic heterocycles. The Hall–Kier alpha value is -0.980. The minimum Gasteiger partial charge on any atom is -0.300 e. The van der Waals surface area contributed by atoms with Crippen molar-refractivity contribution in [2.45, 2.75) is 55.1 Å². The predicted octanol–water partition coefficient (Wildman–Crippen LogP) is 2.12. The van der Waals surface area contributed by atoms with Crippen LogP contribution >= 0.6 is 0 Å². The highest BCUT2D eigenvalue weighted by molar-refractivity contribution is 7.89. The van der Waals surface area contributed by atoms with E-state index < -0.39 is 15.8 Å². The van der Waals surface area contributed by atoms with E-state index in [4.69, 9.17) is 0 Å². The summed E-state index contributed by atoms with van der Waals surface area (Å²) in [5.74, 6) is -0.428. The zero-order valence-corrected chi connectivity index (χ0v) is 12.9. The van der Waals surface area contributed by atoms with Crippen LogP contribution in [0.2, 0.25) is 0 Å². The number of halogens is 1. The van der Waals surface area contributed by atoms with Crippen LogP contribution in [0.25, 0.3) is 0 Å². The number of rotatable bonds is 3. The Labute approximate surface area is 125 Å². The topological polar surface area (TPSA) is 49.4 Å². The molecule has 1 N–H and O–H groups in total. The van der Waals surface area contributed by atoms with Crippen LogP contribution in [0.15, 0.2) is 29.2 Å². The van der Waals surface area contributed by atoms with Crippen molar-refractivity contribution in [3.63, 3.8) is 0 Å². The Bertz CT molecular complexity index is 589. The summed E-state index contributed by atoms with van der Waals surface area (Å²) in [6.45, 7) is 0. The fourth-order valence-electron chi connectivity index (χ4n) is 3.61. The molecule has 1 aromatic rings. The number of nitrogens with one attached hydrogen (secondary N) is 1. The van der Waals surface area contributed by atoms with Gasteiger partial charge in [-0.2, -0.15) is 0 Å². The smallest absolute Gasteiger partial charge is 0.240 e. The van der Waals surface area contributed by atoms with Gasteiger partial charge in [-0.15, -0.1) is 0 Å². The average molecular weight is 312 g/mol. The van der Waals surface area contributed by atoms with Gasteiger partial charge in [-0.3, -0.25) is 0 Å². The van der Waals surface area contributed by atoms with Crippen molar-refractivity contribution in [2.75, 3.05) is 7.05 Å². The molecule has 1 aromatic carbocycles. The molecule has 0 saturated carbocycles. The molecule has 0 amide bonds. The summed E-state index contributed by atoms with van der Waals surface area (Å²) in [5.41, 5.74) is 0. The number of benzene rings is 1. The Balaban J connectivity index is 1.73. The van der Waals surface area contributed by atoms with E-state index in [1.165, 1.54) is 30.7 Å². The SMILES string of the molecule is CN1C2CCCC1CC(NS(=O)(=O)c1ccc(F)cc1)C2. The lowest BCUT2D eigenvalue weighted by molar-refractivity contribution is 0.0536. The Morgan fingerprint density at radius 3 is 2.29 bits per heavy atom. The molecule has 0 aliphatic carbocycles. The van der Waals surface area contributed by atoms with Crippen molar-refractivity contribution < 1.29 is 12.8 Å². The van der Waals surface area contributed by atoms with Crippen molar-refractivity contribution in [3.05, 3.63) is 30.1 Å². The van der Waals surface area contributed by atoms with Crippen LogP contribution in [-0.2, 0) is 10.0 Å². The highest BCUT2D eigenvalue weighted by Crippen LogP contribution is 2.33. The van der Waals surface area contributed by atoms with Gasteiger partial charge in [0, 0.05) is 18.1 Å². The maximum absolute atomic E-state index is 12.9. The fraction of sp³-hybridized carbons (Fsp3) is 0.600. The maximum Gasteiger partial charge on any atom is 0.240 e. The van der Waals surface area contributed by atoms with E-state index in [-0.39, 0.29) is 10.9 Å². The van der Waals surface area contributed by atoms with E-state index in [9.17, 15) is 12.8 Å². The standard InChI is InChI=1S/C15H21FN2O2S/c1-18-13-3-2-4-14(18)10-12(9-13)17-21(19,20)15-7-5-11(16)6-8-15/h5-8,12-14,17H,2-4,9-10H2,1H3. The second kappa shape index (κ2) is 5.66. The predicted molar refractivity (Wildman–Crippen MR) is 78.9 cm³/mol. The minimum absolute atomic E-state index is 0.0217. The molecular weight excluding hydrogens is 291 g/mol. The van der Waals surface area contributed by atoms with Crippen LogP contribution in [0.4, 0.5) is 4.39 Å². The molecule has 2 aliphatic heterocycles. The van der Waals surface area contributed by atoms with Gasteiger partial charge in [0.05, 0.1) is 4.90 Å². The summed E-state index contributed by atoms with van der Waals surface area (Å²) in [6, 6.07) is 5.90.